The van der Waals surface area contributed by atoms with Crippen molar-refractivity contribution in [2.75, 3.05) is 6.61 Å². The Morgan fingerprint density at radius 1 is 1.41 bits per heavy atom. The third kappa shape index (κ3) is 3.03. The SMILES string of the molecule is CCOC(C1CC1)C(NN)c1ccc(F)cc1. The van der Waals surface area contributed by atoms with Gasteiger partial charge in [0, 0.05) is 6.61 Å². The molecule has 1 saturated carbocycles. The summed E-state index contributed by atoms with van der Waals surface area (Å²) in [6, 6.07) is 6.36. The summed E-state index contributed by atoms with van der Waals surface area (Å²) < 4.78 is 18.7. The maximum atomic E-state index is 12.9. The van der Waals surface area contributed by atoms with E-state index in [1.54, 1.807) is 12.1 Å². The van der Waals surface area contributed by atoms with Gasteiger partial charge in [-0.3, -0.25) is 11.3 Å². The molecule has 4 heteroatoms. The molecule has 0 radical (unpaired) electrons. The Labute approximate surface area is 101 Å². The van der Waals surface area contributed by atoms with E-state index >= 15 is 0 Å². The van der Waals surface area contributed by atoms with E-state index in [4.69, 9.17) is 10.6 Å². The van der Waals surface area contributed by atoms with Gasteiger partial charge < -0.3 is 4.74 Å². The minimum absolute atomic E-state index is 0.0666. The highest BCUT2D eigenvalue weighted by molar-refractivity contribution is 5.21. The zero-order valence-electron chi connectivity index (χ0n) is 10.0. The summed E-state index contributed by atoms with van der Waals surface area (Å²) in [5.41, 5.74) is 3.77. The molecule has 0 aliphatic heterocycles. The van der Waals surface area contributed by atoms with Crippen LogP contribution in [0.3, 0.4) is 0 Å². The van der Waals surface area contributed by atoms with Gasteiger partial charge in [0.05, 0.1) is 12.1 Å². The van der Waals surface area contributed by atoms with E-state index in [1.165, 1.54) is 25.0 Å². The minimum atomic E-state index is -0.232. The van der Waals surface area contributed by atoms with E-state index in [-0.39, 0.29) is 18.0 Å². The van der Waals surface area contributed by atoms with Crippen LogP contribution in [0.5, 0.6) is 0 Å². The van der Waals surface area contributed by atoms with Crippen molar-refractivity contribution in [1.29, 1.82) is 0 Å². The van der Waals surface area contributed by atoms with Gasteiger partial charge in [-0.15, -0.1) is 0 Å². The molecule has 2 atom stereocenters. The molecule has 0 amide bonds. The number of rotatable bonds is 6. The van der Waals surface area contributed by atoms with Crippen LogP contribution in [0.15, 0.2) is 24.3 Å². The van der Waals surface area contributed by atoms with Crippen molar-refractivity contribution in [1.82, 2.24) is 5.43 Å². The van der Waals surface area contributed by atoms with Crippen molar-refractivity contribution in [3.63, 3.8) is 0 Å². The molecule has 2 unspecified atom stereocenters. The van der Waals surface area contributed by atoms with Gasteiger partial charge in [-0.1, -0.05) is 12.1 Å². The second-order valence-electron chi connectivity index (χ2n) is 4.45. The van der Waals surface area contributed by atoms with Crippen molar-refractivity contribution in [3.8, 4) is 0 Å². The van der Waals surface area contributed by atoms with Crippen LogP contribution >= 0.6 is 0 Å². The molecule has 2 rings (SSSR count). The molecule has 3 nitrogen and oxygen atoms in total. The molecule has 1 aromatic carbocycles. The molecule has 1 aliphatic rings. The number of hydrogen-bond acceptors (Lipinski definition) is 3. The van der Waals surface area contributed by atoms with Crippen LogP contribution in [0.2, 0.25) is 0 Å². The van der Waals surface area contributed by atoms with Crippen LogP contribution in [-0.2, 0) is 4.74 Å². The standard InChI is InChI=1S/C13H19FN2O/c1-2-17-13(10-3-4-10)12(16-15)9-5-7-11(14)8-6-9/h5-8,10,12-13,16H,2-4,15H2,1H3. The molecule has 0 bridgehead atoms. The number of nitrogens with two attached hydrogens (primary N) is 1. The van der Waals surface area contributed by atoms with Gasteiger partial charge in [-0.2, -0.15) is 0 Å². The first-order valence-electron chi connectivity index (χ1n) is 6.09. The highest BCUT2D eigenvalue weighted by Gasteiger charge is 2.37. The lowest BCUT2D eigenvalue weighted by Crippen LogP contribution is -2.39. The summed E-state index contributed by atoms with van der Waals surface area (Å²) in [4.78, 5) is 0. The topological polar surface area (TPSA) is 47.3 Å². The molecular formula is C13H19FN2O. The number of halogens is 1. The van der Waals surface area contributed by atoms with E-state index in [0.29, 0.717) is 12.5 Å². The van der Waals surface area contributed by atoms with Gasteiger partial charge >= 0.3 is 0 Å². The zero-order valence-corrected chi connectivity index (χ0v) is 10.0. The first-order valence-corrected chi connectivity index (χ1v) is 6.09. The molecule has 94 valence electrons. The maximum absolute atomic E-state index is 12.9. The maximum Gasteiger partial charge on any atom is 0.123 e. The first-order chi connectivity index (χ1) is 8.26. The monoisotopic (exact) mass is 238 g/mol. The summed E-state index contributed by atoms with van der Waals surface area (Å²) in [6.45, 7) is 2.65. The van der Waals surface area contributed by atoms with Crippen LogP contribution in [0, 0.1) is 11.7 Å². The molecule has 0 saturated heterocycles. The Morgan fingerprint density at radius 2 is 2.06 bits per heavy atom. The summed E-state index contributed by atoms with van der Waals surface area (Å²) in [6.07, 6.45) is 2.45. The Morgan fingerprint density at radius 3 is 2.53 bits per heavy atom. The summed E-state index contributed by atoms with van der Waals surface area (Å²) >= 11 is 0. The number of ether oxygens (including phenoxy) is 1. The lowest BCUT2D eigenvalue weighted by atomic mass is 9.98. The molecular weight excluding hydrogens is 219 g/mol. The molecule has 3 N–H and O–H groups in total. The van der Waals surface area contributed by atoms with Crippen LogP contribution < -0.4 is 11.3 Å². The highest BCUT2D eigenvalue weighted by atomic mass is 19.1. The highest BCUT2D eigenvalue weighted by Crippen LogP contribution is 2.39. The third-order valence-electron chi connectivity index (χ3n) is 3.18. The largest absolute Gasteiger partial charge is 0.376 e. The Kier molecular flexibility index (Phi) is 4.10. The van der Waals surface area contributed by atoms with E-state index in [9.17, 15) is 4.39 Å². The molecule has 1 aromatic rings. The predicted octanol–water partition coefficient (Wildman–Crippen LogP) is 2.15. The number of hydrazine groups is 1. The van der Waals surface area contributed by atoms with E-state index in [0.717, 1.165) is 5.56 Å². The van der Waals surface area contributed by atoms with Crippen LogP contribution in [-0.4, -0.2) is 12.7 Å². The summed E-state index contributed by atoms with van der Waals surface area (Å²) in [5, 5.41) is 0. The lowest BCUT2D eigenvalue weighted by molar-refractivity contribution is 0.0185. The summed E-state index contributed by atoms with van der Waals surface area (Å²) in [7, 11) is 0. The zero-order chi connectivity index (χ0) is 12.3. The van der Waals surface area contributed by atoms with Crippen LogP contribution in [0.25, 0.3) is 0 Å². The van der Waals surface area contributed by atoms with Gasteiger partial charge in [-0.25, -0.2) is 4.39 Å². The van der Waals surface area contributed by atoms with Gasteiger partial charge in [0.25, 0.3) is 0 Å². The van der Waals surface area contributed by atoms with Crippen LogP contribution in [0.4, 0.5) is 4.39 Å². The van der Waals surface area contributed by atoms with Gasteiger partial charge in [0.2, 0.25) is 0 Å². The van der Waals surface area contributed by atoms with Crippen molar-refractivity contribution in [2.45, 2.75) is 31.9 Å². The average molecular weight is 238 g/mol. The van der Waals surface area contributed by atoms with E-state index in [1.807, 2.05) is 6.92 Å². The van der Waals surface area contributed by atoms with Crippen molar-refractivity contribution in [3.05, 3.63) is 35.6 Å². The van der Waals surface area contributed by atoms with Crippen molar-refractivity contribution >= 4 is 0 Å². The smallest absolute Gasteiger partial charge is 0.123 e. The Balaban J connectivity index is 2.15. The molecule has 0 aromatic heterocycles. The number of hydrogen-bond donors (Lipinski definition) is 2. The second-order valence-corrected chi connectivity index (χ2v) is 4.45. The van der Waals surface area contributed by atoms with E-state index < -0.39 is 0 Å². The van der Waals surface area contributed by atoms with Crippen molar-refractivity contribution < 1.29 is 9.13 Å². The molecule has 0 spiro atoms. The molecule has 1 aliphatic carbocycles. The average Bonchev–Trinajstić information content (AvgIpc) is 3.15. The fraction of sp³-hybridized carbons (Fsp3) is 0.538. The Hall–Kier alpha value is -0.970. The fourth-order valence-corrected chi connectivity index (χ4v) is 2.17. The molecule has 17 heavy (non-hydrogen) atoms. The first kappa shape index (κ1) is 12.5. The normalized spacial score (nSPS) is 19.0. The summed E-state index contributed by atoms with van der Waals surface area (Å²) in [5.74, 6) is 5.95. The van der Waals surface area contributed by atoms with Crippen molar-refractivity contribution in [2.24, 2.45) is 11.8 Å². The van der Waals surface area contributed by atoms with Gasteiger partial charge in [-0.05, 0) is 43.4 Å². The molecule has 0 heterocycles. The van der Waals surface area contributed by atoms with Gasteiger partial charge in [0.15, 0.2) is 0 Å². The Bertz CT molecular complexity index is 351. The quantitative estimate of drug-likeness (QED) is 0.589. The second kappa shape index (κ2) is 5.58. The number of benzene rings is 1. The minimum Gasteiger partial charge on any atom is -0.376 e. The molecule has 1 fully saturated rings. The predicted molar refractivity (Wildman–Crippen MR) is 64.6 cm³/mol. The number of nitrogens with one attached hydrogen (secondary N) is 1. The fourth-order valence-electron chi connectivity index (χ4n) is 2.17. The van der Waals surface area contributed by atoms with E-state index in [2.05, 4.69) is 5.43 Å². The lowest BCUT2D eigenvalue weighted by Gasteiger charge is -2.26. The van der Waals surface area contributed by atoms with Gasteiger partial charge in [0.1, 0.15) is 5.82 Å². The third-order valence-corrected chi connectivity index (χ3v) is 3.18. The van der Waals surface area contributed by atoms with Crippen LogP contribution in [0.1, 0.15) is 31.4 Å².